The molecule has 1 fully saturated rings. The molecule has 2 heterocycles. The molecule has 2 aromatic rings. The molecule has 1 saturated heterocycles. The molecule has 0 unspecified atom stereocenters. The predicted octanol–water partition coefficient (Wildman–Crippen LogP) is -0.0653. The molecule has 27 heavy (non-hydrogen) atoms. The van der Waals surface area contributed by atoms with Gasteiger partial charge in [0, 0.05) is 32.1 Å². The summed E-state index contributed by atoms with van der Waals surface area (Å²) in [5, 5.41) is 2.91. The third kappa shape index (κ3) is 4.40. The van der Waals surface area contributed by atoms with Gasteiger partial charge in [-0.3, -0.25) is 4.79 Å². The second-order valence-corrected chi connectivity index (χ2v) is 9.00. The summed E-state index contributed by atoms with van der Waals surface area (Å²) >= 11 is 0. The molecule has 0 atom stereocenters. The van der Waals surface area contributed by atoms with E-state index in [0.29, 0.717) is 43.5 Å². The first-order valence-corrected chi connectivity index (χ1v) is 10.4. The third-order valence-corrected chi connectivity index (χ3v) is 6.70. The second kappa shape index (κ2) is 7.83. The maximum atomic E-state index is 12.9. The second-order valence-electron chi connectivity index (χ2n) is 7.06. The number of hydrogen-bond acceptors (Lipinski definition) is 5. The Bertz CT molecular complexity index is 971. The normalized spacial score (nSPS) is 16.9. The third-order valence-electron chi connectivity index (χ3n) is 4.81. The minimum absolute atomic E-state index is 0.0137. The Balaban J connectivity index is 1.63. The van der Waals surface area contributed by atoms with Gasteiger partial charge in [-0.25, -0.2) is 13.2 Å². The summed E-state index contributed by atoms with van der Waals surface area (Å²) in [4.78, 5) is 30.9. The van der Waals surface area contributed by atoms with Crippen LogP contribution in [0.4, 0.5) is 0 Å². The molecule has 0 spiro atoms. The van der Waals surface area contributed by atoms with Gasteiger partial charge in [0.25, 0.3) is 0 Å². The molecule has 0 bridgehead atoms. The molecule has 1 aromatic carbocycles. The van der Waals surface area contributed by atoms with Crippen LogP contribution in [0.25, 0.3) is 11.0 Å². The number of nitrogens with one attached hydrogen (secondary N) is 3. The average Bonchev–Trinajstić information content (AvgIpc) is 3.00. The first-order valence-electron chi connectivity index (χ1n) is 8.92. The van der Waals surface area contributed by atoms with Crippen LogP contribution >= 0.6 is 0 Å². The summed E-state index contributed by atoms with van der Waals surface area (Å²) in [5.41, 5.74) is 0.643. The first kappa shape index (κ1) is 19.6. The molecule has 9 nitrogen and oxygen atoms in total. The van der Waals surface area contributed by atoms with Crippen LogP contribution in [0.15, 0.2) is 27.9 Å². The highest BCUT2D eigenvalue weighted by atomic mass is 32.2. The topological polar surface area (TPSA) is 118 Å². The Morgan fingerprint density at radius 1 is 1.22 bits per heavy atom. The summed E-state index contributed by atoms with van der Waals surface area (Å²) in [6, 6.07) is 4.52. The number of imidazole rings is 1. The molecule has 1 amide bonds. The fourth-order valence-corrected chi connectivity index (χ4v) is 4.72. The van der Waals surface area contributed by atoms with Crippen LogP contribution < -0.4 is 11.0 Å². The Kier molecular flexibility index (Phi) is 5.68. The molecule has 148 valence electrons. The van der Waals surface area contributed by atoms with Crippen LogP contribution in [0.5, 0.6) is 0 Å². The zero-order valence-electron chi connectivity index (χ0n) is 15.5. The van der Waals surface area contributed by atoms with Crippen molar-refractivity contribution in [3.05, 3.63) is 28.7 Å². The van der Waals surface area contributed by atoms with E-state index in [0.717, 1.165) is 6.54 Å². The summed E-state index contributed by atoms with van der Waals surface area (Å²) in [6.45, 7) is 1.95. The van der Waals surface area contributed by atoms with Crippen molar-refractivity contribution in [2.24, 2.45) is 5.92 Å². The number of likely N-dealkylation sites (N-methyl/N-ethyl adjacent to an activating group) is 1. The largest absolute Gasteiger partial charge is 0.355 e. The Morgan fingerprint density at radius 2 is 1.89 bits per heavy atom. The van der Waals surface area contributed by atoms with Gasteiger partial charge in [-0.1, -0.05) is 0 Å². The van der Waals surface area contributed by atoms with Crippen LogP contribution in [-0.4, -0.2) is 73.8 Å². The molecular weight excluding hydrogens is 370 g/mol. The van der Waals surface area contributed by atoms with Crippen molar-refractivity contribution in [3.8, 4) is 0 Å². The summed E-state index contributed by atoms with van der Waals surface area (Å²) < 4.78 is 27.2. The molecule has 0 aliphatic carbocycles. The van der Waals surface area contributed by atoms with E-state index in [1.165, 1.54) is 16.4 Å². The van der Waals surface area contributed by atoms with E-state index >= 15 is 0 Å². The average molecular weight is 395 g/mol. The van der Waals surface area contributed by atoms with Crippen molar-refractivity contribution >= 4 is 27.0 Å². The summed E-state index contributed by atoms with van der Waals surface area (Å²) in [6.07, 6.45) is 0.993. The number of amides is 1. The van der Waals surface area contributed by atoms with Crippen LogP contribution in [0.1, 0.15) is 12.8 Å². The van der Waals surface area contributed by atoms with Gasteiger partial charge in [-0.2, -0.15) is 4.31 Å². The van der Waals surface area contributed by atoms with Gasteiger partial charge in [0.1, 0.15) is 0 Å². The number of sulfonamides is 1. The lowest BCUT2D eigenvalue weighted by Crippen LogP contribution is -2.43. The van der Waals surface area contributed by atoms with E-state index in [-0.39, 0.29) is 22.4 Å². The highest BCUT2D eigenvalue weighted by molar-refractivity contribution is 7.89. The standard InChI is InChI=1S/C17H25N5O4S/c1-21(2)10-7-18-16(23)12-5-8-22(9-6-12)27(25,26)13-3-4-14-15(11-13)20-17(24)19-14/h3-4,11-12H,5-10H2,1-2H3,(H,18,23)(H2,19,20,24). The zero-order valence-corrected chi connectivity index (χ0v) is 16.3. The van der Waals surface area contributed by atoms with Crippen molar-refractivity contribution in [3.63, 3.8) is 0 Å². The molecule has 0 radical (unpaired) electrons. The number of hydrogen-bond donors (Lipinski definition) is 3. The lowest BCUT2D eigenvalue weighted by Gasteiger charge is -2.30. The molecule has 0 saturated carbocycles. The van der Waals surface area contributed by atoms with Crippen LogP contribution in [0, 0.1) is 5.92 Å². The molecular formula is C17H25N5O4S. The van der Waals surface area contributed by atoms with Gasteiger partial charge in [0.15, 0.2) is 0 Å². The van der Waals surface area contributed by atoms with Crippen molar-refractivity contribution in [2.75, 3.05) is 40.3 Å². The smallest absolute Gasteiger partial charge is 0.323 e. The van der Waals surface area contributed by atoms with E-state index in [4.69, 9.17) is 0 Å². The van der Waals surface area contributed by atoms with E-state index in [1.807, 2.05) is 19.0 Å². The molecule has 1 aromatic heterocycles. The number of carbonyl (C=O) groups excluding carboxylic acids is 1. The monoisotopic (exact) mass is 395 g/mol. The number of fused-ring (bicyclic) bond motifs is 1. The van der Waals surface area contributed by atoms with Gasteiger partial charge in [0.2, 0.25) is 15.9 Å². The van der Waals surface area contributed by atoms with Gasteiger partial charge in [-0.15, -0.1) is 0 Å². The fraction of sp³-hybridized carbons (Fsp3) is 0.529. The fourth-order valence-electron chi connectivity index (χ4n) is 3.23. The maximum Gasteiger partial charge on any atom is 0.323 e. The van der Waals surface area contributed by atoms with E-state index in [2.05, 4.69) is 15.3 Å². The van der Waals surface area contributed by atoms with E-state index in [1.54, 1.807) is 6.07 Å². The van der Waals surface area contributed by atoms with Crippen LogP contribution in [-0.2, 0) is 14.8 Å². The van der Waals surface area contributed by atoms with Gasteiger partial charge < -0.3 is 20.2 Å². The lowest BCUT2D eigenvalue weighted by molar-refractivity contribution is -0.126. The number of piperidine rings is 1. The molecule has 1 aliphatic heterocycles. The molecule has 3 rings (SSSR count). The highest BCUT2D eigenvalue weighted by Gasteiger charge is 2.32. The van der Waals surface area contributed by atoms with E-state index < -0.39 is 10.0 Å². The Morgan fingerprint density at radius 3 is 2.56 bits per heavy atom. The number of aromatic nitrogens is 2. The SMILES string of the molecule is CN(C)CCNC(=O)C1CCN(S(=O)(=O)c2ccc3[nH]c(=O)[nH]c3c2)CC1. The highest BCUT2D eigenvalue weighted by Crippen LogP contribution is 2.25. The predicted molar refractivity (Wildman–Crippen MR) is 102 cm³/mol. The van der Waals surface area contributed by atoms with Crippen molar-refractivity contribution in [1.29, 1.82) is 0 Å². The minimum Gasteiger partial charge on any atom is -0.355 e. The van der Waals surface area contributed by atoms with E-state index in [9.17, 15) is 18.0 Å². The Labute approximate surface area is 157 Å². The maximum absolute atomic E-state index is 12.9. The first-order chi connectivity index (χ1) is 12.8. The number of nitrogens with zero attached hydrogens (tertiary/aromatic N) is 2. The van der Waals surface area contributed by atoms with Crippen molar-refractivity contribution in [1.82, 2.24) is 24.5 Å². The van der Waals surface area contributed by atoms with Crippen molar-refractivity contribution in [2.45, 2.75) is 17.7 Å². The van der Waals surface area contributed by atoms with Gasteiger partial charge in [0.05, 0.1) is 15.9 Å². The van der Waals surface area contributed by atoms with Crippen LogP contribution in [0.3, 0.4) is 0 Å². The van der Waals surface area contributed by atoms with Gasteiger partial charge in [-0.05, 0) is 45.1 Å². The Hall–Kier alpha value is -2.17. The summed E-state index contributed by atoms with van der Waals surface area (Å²) in [7, 11) is 0.218. The van der Waals surface area contributed by atoms with Gasteiger partial charge >= 0.3 is 5.69 Å². The molecule has 1 aliphatic rings. The number of H-pyrrole nitrogens is 2. The number of aromatic amines is 2. The number of benzene rings is 1. The summed E-state index contributed by atoms with van der Waals surface area (Å²) in [5.74, 6) is -0.178. The minimum atomic E-state index is -3.66. The number of carbonyl (C=O) groups is 1. The number of rotatable bonds is 6. The quantitative estimate of drug-likeness (QED) is 0.633. The van der Waals surface area contributed by atoms with Crippen LogP contribution in [0.2, 0.25) is 0 Å². The molecule has 3 N–H and O–H groups in total. The zero-order chi connectivity index (χ0) is 19.6. The molecule has 10 heteroatoms. The van der Waals surface area contributed by atoms with Crippen molar-refractivity contribution < 1.29 is 13.2 Å². The lowest BCUT2D eigenvalue weighted by atomic mass is 9.97.